The van der Waals surface area contributed by atoms with E-state index in [2.05, 4.69) is 12.6 Å². The molecule has 10 heavy (non-hydrogen) atoms. The summed E-state index contributed by atoms with van der Waals surface area (Å²) in [6.07, 6.45) is 6.38. The van der Waals surface area contributed by atoms with Gasteiger partial charge in [0.05, 0.1) is 0 Å². The third kappa shape index (κ3) is 2.79. The Bertz CT molecular complexity index is 97.6. The van der Waals surface area contributed by atoms with Gasteiger partial charge in [-0.25, -0.2) is 11.6 Å². The molecule has 0 aromatic carbocycles. The van der Waals surface area contributed by atoms with Gasteiger partial charge in [0.15, 0.2) is 7.12 Å². The van der Waals surface area contributed by atoms with Crippen LogP contribution in [0.3, 0.4) is 0 Å². The van der Waals surface area contributed by atoms with Gasteiger partial charge < -0.3 is 0 Å². The third-order valence-corrected chi connectivity index (χ3v) is 3.45. The van der Waals surface area contributed by atoms with Gasteiger partial charge in [-0.2, -0.15) is 12.6 Å². The molecule has 0 spiro atoms. The van der Waals surface area contributed by atoms with Gasteiger partial charge in [-0.1, -0.05) is 6.42 Å². The molecule has 1 aliphatic carbocycles. The highest BCUT2D eigenvalue weighted by Crippen LogP contribution is 2.27. The van der Waals surface area contributed by atoms with Crippen LogP contribution in [0.1, 0.15) is 32.1 Å². The average Bonchev–Trinajstić information content (AvgIpc) is 2.14. The summed E-state index contributed by atoms with van der Waals surface area (Å²) < 4.78 is 0. The lowest BCUT2D eigenvalue weighted by Gasteiger charge is -2.09. The van der Waals surface area contributed by atoms with Crippen LogP contribution in [0.25, 0.3) is 0 Å². The molecule has 0 aromatic heterocycles. The van der Waals surface area contributed by atoms with Gasteiger partial charge in [0.2, 0.25) is 0 Å². The van der Waals surface area contributed by atoms with Crippen molar-refractivity contribution in [1.29, 1.82) is 0 Å². The molecule has 1 saturated carbocycles. The van der Waals surface area contributed by atoms with Crippen molar-refractivity contribution < 1.29 is 0 Å². The van der Waals surface area contributed by atoms with Crippen molar-refractivity contribution >= 4 is 31.4 Å². The minimum absolute atomic E-state index is 0.636. The van der Waals surface area contributed by atoms with Gasteiger partial charge >= 0.3 is 0 Å². The fourth-order valence-corrected chi connectivity index (χ4v) is 2.29. The molecule has 1 aliphatic rings. The normalized spacial score (nSPS) is 35.3. The van der Waals surface area contributed by atoms with Crippen molar-refractivity contribution in [1.82, 2.24) is 0 Å². The van der Waals surface area contributed by atoms with Crippen molar-refractivity contribution in [3.05, 3.63) is 0 Å². The van der Waals surface area contributed by atoms with E-state index in [1.807, 2.05) is 0 Å². The standard InChI is InChI=1S/C7H13BS2/c8-10-7-3-1-2-6(9)4-5-7/h6-7,9H,1-5H2/t6-,7+/m0/s1. The Morgan fingerprint density at radius 3 is 2.70 bits per heavy atom. The number of thiol groups is 1. The summed E-state index contributed by atoms with van der Waals surface area (Å²) in [5.41, 5.74) is 0. The zero-order chi connectivity index (χ0) is 7.40. The summed E-state index contributed by atoms with van der Waals surface area (Å²) in [4.78, 5) is 0. The van der Waals surface area contributed by atoms with Crippen LogP contribution in [0.4, 0.5) is 0 Å². The molecule has 0 N–H and O–H groups in total. The first kappa shape index (κ1) is 8.86. The van der Waals surface area contributed by atoms with E-state index in [0.717, 1.165) is 0 Å². The summed E-state index contributed by atoms with van der Waals surface area (Å²) in [6, 6.07) is 0. The molecule has 2 atom stereocenters. The lowest BCUT2D eigenvalue weighted by molar-refractivity contribution is 0.719. The van der Waals surface area contributed by atoms with E-state index < -0.39 is 0 Å². The first-order valence-electron chi connectivity index (χ1n) is 3.86. The van der Waals surface area contributed by atoms with Crippen molar-refractivity contribution in [2.75, 3.05) is 0 Å². The van der Waals surface area contributed by atoms with Gasteiger partial charge in [-0.3, -0.25) is 0 Å². The van der Waals surface area contributed by atoms with Crippen molar-refractivity contribution in [2.24, 2.45) is 0 Å². The van der Waals surface area contributed by atoms with E-state index in [9.17, 15) is 0 Å². The summed E-state index contributed by atoms with van der Waals surface area (Å²) in [7, 11) is 5.51. The van der Waals surface area contributed by atoms with E-state index in [1.165, 1.54) is 43.7 Å². The Morgan fingerprint density at radius 1 is 1.20 bits per heavy atom. The zero-order valence-corrected chi connectivity index (χ0v) is 7.83. The van der Waals surface area contributed by atoms with E-state index in [-0.39, 0.29) is 0 Å². The highest BCUT2D eigenvalue weighted by atomic mass is 32.2. The molecule has 1 fully saturated rings. The first-order valence-corrected chi connectivity index (χ1v) is 5.32. The molecule has 3 heteroatoms. The second-order valence-electron chi connectivity index (χ2n) is 2.92. The Balaban J connectivity index is 2.26. The monoisotopic (exact) mass is 172 g/mol. The lowest BCUT2D eigenvalue weighted by Crippen LogP contribution is -2.00. The highest BCUT2D eigenvalue weighted by molar-refractivity contribution is 8.20. The Labute approximate surface area is 74.3 Å². The number of rotatable bonds is 1. The largest absolute Gasteiger partial charge is 0.224 e. The molecule has 0 bridgehead atoms. The predicted molar refractivity (Wildman–Crippen MR) is 53.0 cm³/mol. The molecule has 0 nitrogen and oxygen atoms in total. The molecule has 0 amide bonds. The molecule has 1 rings (SSSR count). The van der Waals surface area contributed by atoms with Crippen LogP contribution in [-0.2, 0) is 0 Å². The summed E-state index contributed by atoms with van der Waals surface area (Å²) in [5.74, 6) is 0. The maximum atomic E-state index is 5.51. The van der Waals surface area contributed by atoms with Crippen molar-refractivity contribution in [3.63, 3.8) is 0 Å². The molecule has 0 unspecified atom stereocenters. The maximum absolute atomic E-state index is 5.51. The average molecular weight is 172 g/mol. The SMILES string of the molecule is [B]S[C@@H]1CCC[C@H](S)CC1. The molecule has 56 valence electrons. The maximum Gasteiger partial charge on any atom is 0.161 e. The molecular formula is C7H13BS2. The number of hydrogen-bond donors (Lipinski definition) is 1. The molecule has 0 aliphatic heterocycles. The van der Waals surface area contributed by atoms with Crippen LogP contribution in [-0.4, -0.2) is 17.6 Å². The van der Waals surface area contributed by atoms with E-state index in [0.29, 0.717) is 10.5 Å². The van der Waals surface area contributed by atoms with E-state index >= 15 is 0 Å². The van der Waals surface area contributed by atoms with Crippen LogP contribution >= 0.6 is 24.2 Å². The second kappa shape index (κ2) is 4.60. The van der Waals surface area contributed by atoms with Crippen LogP contribution in [0.2, 0.25) is 0 Å². The fraction of sp³-hybridized carbons (Fsp3) is 1.00. The van der Waals surface area contributed by atoms with Crippen LogP contribution < -0.4 is 0 Å². The molecule has 2 radical (unpaired) electrons. The van der Waals surface area contributed by atoms with E-state index in [4.69, 9.17) is 7.12 Å². The molecule has 0 aromatic rings. The topological polar surface area (TPSA) is 0 Å². The van der Waals surface area contributed by atoms with Gasteiger partial charge in [0, 0.05) is 5.25 Å². The lowest BCUT2D eigenvalue weighted by atomic mass is 10.2. The van der Waals surface area contributed by atoms with Gasteiger partial charge in [0.1, 0.15) is 0 Å². The van der Waals surface area contributed by atoms with Crippen LogP contribution in [0.5, 0.6) is 0 Å². The van der Waals surface area contributed by atoms with Gasteiger partial charge in [-0.15, -0.1) is 0 Å². The van der Waals surface area contributed by atoms with Gasteiger partial charge in [0.25, 0.3) is 0 Å². The minimum Gasteiger partial charge on any atom is -0.224 e. The molecule has 0 heterocycles. The summed E-state index contributed by atoms with van der Waals surface area (Å²) in [6.45, 7) is 0. The highest BCUT2D eigenvalue weighted by Gasteiger charge is 2.14. The van der Waals surface area contributed by atoms with E-state index in [1.54, 1.807) is 0 Å². The van der Waals surface area contributed by atoms with Gasteiger partial charge in [-0.05, 0) is 30.9 Å². The minimum atomic E-state index is 0.636. The Morgan fingerprint density at radius 2 is 2.00 bits per heavy atom. The molecular weight excluding hydrogens is 159 g/mol. The Kier molecular flexibility index (Phi) is 4.08. The third-order valence-electron chi connectivity index (χ3n) is 2.08. The van der Waals surface area contributed by atoms with Crippen molar-refractivity contribution in [2.45, 2.75) is 42.6 Å². The zero-order valence-electron chi connectivity index (χ0n) is 6.12. The first-order chi connectivity index (χ1) is 4.83. The number of hydrogen-bond acceptors (Lipinski definition) is 2. The predicted octanol–water partition coefficient (Wildman–Crippen LogP) is 2.43. The van der Waals surface area contributed by atoms with Crippen LogP contribution in [0, 0.1) is 0 Å². The van der Waals surface area contributed by atoms with Crippen molar-refractivity contribution in [3.8, 4) is 0 Å². The smallest absolute Gasteiger partial charge is 0.161 e. The quantitative estimate of drug-likeness (QED) is 0.360. The second-order valence-corrected chi connectivity index (χ2v) is 4.59. The summed E-state index contributed by atoms with van der Waals surface area (Å²) >= 11 is 5.99. The fourth-order valence-electron chi connectivity index (χ4n) is 1.38. The van der Waals surface area contributed by atoms with Crippen LogP contribution in [0.15, 0.2) is 0 Å². The Hall–Kier alpha value is 0.765. The summed E-state index contributed by atoms with van der Waals surface area (Å²) in [5, 5.41) is 1.34. The molecule has 0 saturated heterocycles.